The molecule has 696 valence electrons. The van der Waals surface area contributed by atoms with Gasteiger partial charge < -0.3 is 97.7 Å². The first-order valence-corrected chi connectivity index (χ1v) is 47.0. The predicted molar refractivity (Wildman–Crippen MR) is 482 cm³/mol. The number of esters is 4. The molecule has 0 saturated heterocycles. The summed E-state index contributed by atoms with van der Waals surface area (Å²) in [4.78, 5) is 58.0. The molecule has 0 aliphatic heterocycles. The fourth-order valence-corrected chi connectivity index (χ4v) is 31.2. The highest BCUT2D eigenvalue weighted by Gasteiger charge is 2.67. The van der Waals surface area contributed by atoms with Crippen LogP contribution >= 0.6 is 0 Å². The van der Waals surface area contributed by atoms with Crippen molar-refractivity contribution in [3.8, 4) is 46.0 Å². The number of carbonyl (C=O) groups is 4. The van der Waals surface area contributed by atoms with E-state index in [1.807, 2.05) is 0 Å². The highest BCUT2D eigenvalue weighted by Crippen LogP contribution is 2.69. The lowest BCUT2D eigenvalue weighted by atomic mass is 9.47. The molecular formula is C108H120O24. The molecule has 0 radical (unpaired) electrons. The Morgan fingerprint density at radius 2 is 0.462 bits per heavy atom. The van der Waals surface area contributed by atoms with Crippen molar-refractivity contribution < 1.29 is 117 Å². The van der Waals surface area contributed by atoms with E-state index < -0.39 is 92.4 Å². The summed E-state index contributed by atoms with van der Waals surface area (Å²) in [7, 11) is 5.81. The molecule has 20 unspecified atom stereocenters. The van der Waals surface area contributed by atoms with Gasteiger partial charge in [0.1, 0.15) is 46.0 Å². The number of benzene rings is 8. The number of hydrogen-bond acceptors (Lipinski definition) is 24. The van der Waals surface area contributed by atoms with Crippen molar-refractivity contribution in [2.24, 2.45) is 45.3 Å². The minimum absolute atomic E-state index is 0.0977. The van der Waals surface area contributed by atoms with Gasteiger partial charge in [0.15, 0.2) is 27.2 Å². The van der Waals surface area contributed by atoms with Crippen molar-refractivity contribution in [3.63, 3.8) is 0 Å². The van der Waals surface area contributed by atoms with E-state index in [-0.39, 0.29) is 139 Å². The molecule has 17 aliphatic rings. The summed E-state index contributed by atoms with van der Waals surface area (Å²) < 4.78 is 75.7. The van der Waals surface area contributed by atoms with E-state index in [0.717, 1.165) is 103 Å². The van der Waals surface area contributed by atoms with Gasteiger partial charge in [0.05, 0.1) is 95.5 Å². The third-order valence-corrected chi connectivity index (χ3v) is 33.2. The Kier molecular flexibility index (Phi) is 21.2. The van der Waals surface area contributed by atoms with Gasteiger partial charge in [0, 0.05) is 118 Å². The molecule has 0 heterocycles. The van der Waals surface area contributed by atoms with Crippen LogP contribution in [0.5, 0.6) is 46.0 Å². The smallest absolute Gasteiger partial charge is 0.340 e. The summed E-state index contributed by atoms with van der Waals surface area (Å²) in [6, 6.07) is 39.8. The Hall–Kier alpha value is -10.3. The fourth-order valence-electron chi connectivity index (χ4n) is 31.2. The Morgan fingerprint density at radius 1 is 0.265 bits per heavy atom. The van der Waals surface area contributed by atoms with E-state index >= 15 is 0 Å². The van der Waals surface area contributed by atoms with Crippen LogP contribution in [0.2, 0.25) is 0 Å². The second-order valence-corrected chi connectivity index (χ2v) is 44.5. The number of aliphatic hydroxyl groups is 4. The third-order valence-electron chi connectivity index (χ3n) is 33.2. The summed E-state index contributed by atoms with van der Waals surface area (Å²) >= 11 is 0. The quantitative estimate of drug-likeness (QED) is 0.0158. The zero-order valence-electron chi connectivity index (χ0n) is 76.4. The number of methoxy groups -OCH3 is 4. The van der Waals surface area contributed by atoms with Gasteiger partial charge in [-0.15, -0.1) is 0 Å². The van der Waals surface area contributed by atoms with Crippen molar-refractivity contribution in [2.75, 3.05) is 55.6 Å². The van der Waals surface area contributed by atoms with E-state index in [1.165, 1.54) is 52.7 Å². The van der Waals surface area contributed by atoms with Gasteiger partial charge in [-0.05, 0) is 269 Å². The number of phenols is 4. The van der Waals surface area contributed by atoms with E-state index in [2.05, 4.69) is 27.7 Å². The Bertz CT molecular complexity index is 5130. The fraction of sp³-hybridized carbons (Fsp3) is 0.519. The molecule has 0 spiro atoms. The van der Waals surface area contributed by atoms with Crippen LogP contribution in [-0.2, 0) is 37.9 Å². The lowest BCUT2D eigenvalue weighted by molar-refractivity contribution is -0.260. The van der Waals surface area contributed by atoms with Gasteiger partial charge in [-0.2, -0.15) is 0 Å². The monoisotopic (exact) mass is 1800 g/mol. The highest BCUT2D eigenvalue weighted by atomic mass is 16.7. The lowest BCUT2D eigenvalue weighted by Crippen LogP contribution is -2.63. The first-order chi connectivity index (χ1) is 62.8. The normalized spacial score (nSPS) is 35.2. The van der Waals surface area contributed by atoms with Crippen molar-refractivity contribution in [1.82, 2.24) is 0 Å². The van der Waals surface area contributed by atoms with Crippen molar-refractivity contribution in [2.45, 2.75) is 250 Å². The molecule has 16 fully saturated rings. The van der Waals surface area contributed by atoms with Gasteiger partial charge in [0.25, 0.3) is 0 Å². The summed E-state index contributed by atoms with van der Waals surface area (Å²) in [5.41, 5.74) is -1.43. The van der Waals surface area contributed by atoms with Crippen molar-refractivity contribution in [1.29, 1.82) is 0 Å². The van der Waals surface area contributed by atoms with E-state index in [9.17, 15) is 60.0 Å². The maximum Gasteiger partial charge on any atom is 0.340 e. The first kappa shape index (κ1) is 88.3. The third kappa shape index (κ3) is 15.9. The van der Waals surface area contributed by atoms with Crippen LogP contribution in [0.15, 0.2) is 146 Å². The minimum atomic E-state index is -1.13. The first-order valence-electron chi connectivity index (χ1n) is 47.0. The molecule has 0 amide bonds. The molecular weight excluding hydrogens is 1680 g/mol. The van der Waals surface area contributed by atoms with Crippen LogP contribution < -0.4 is 18.9 Å². The molecule has 17 aliphatic carbocycles. The number of phenolic OH excluding ortho intramolecular Hbond substituents is 4. The van der Waals surface area contributed by atoms with Crippen molar-refractivity contribution >= 4 is 23.9 Å². The van der Waals surface area contributed by atoms with Gasteiger partial charge >= 0.3 is 23.9 Å². The molecule has 20 atom stereocenters. The predicted octanol–water partition coefficient (Wildman–Crippen LogP) is 18.0. The summed E-state index contributed by atoms with van der Waals surface area (Å²) in [5.74, 6) is -6.63. The summed E-state index contributed by atoms with van der Waals surface area (Å²) in [5, 5.41) is 100. The number of carbonyl (C=O) groups excluding carboxylic acids is 4. The van der Waals surface area contributed by atoms with E-state index in [4.69, 9.17) is 56.8 Å². The average Bonchev–Trinajstić information content (AvgIpc) is 0.729. The summed E-state index contributed by atoms with van der Waals surface area (Å²) in [6.07, 6.45) is 17.6. The zero-order valence-corrected chi connectivity index (χ0v) is 76.4. The van der Waals surface area contributed by atoms with Gasteiger partial charge in [0.2, 0.25) is 0 Å². The van der Waals surface area contributed by atoms with Gasteiger partial charge in [-0.3, -0.25) is 0 Å². The number of rotatable bonds is 24. The molecule has 24 nitrogen and oxygen atoms in total. The highest BCUT2D eigenvalue weighted by molar-refractivity contribution is 5.91. The maximum atomic E-state index is 14.5. The van der Waals surface area contributed by atoms with Crippen LogP contribution in [-0.4, -0.2) is 165 Å². The van der Waals surface area contributed by atoms with E-state index in [0.29, 0.717) is 120 Å². The topological polar surface area (TPSA) is 341 Å². The largest absolute Gasteiger partial charge is 0.507 e. The zero-order chi connectivity index (χ0) is 92.0. The molecule has 24 heteroatoms. The summed E-state index contributed by atoms with van der Waals surface area (Å²) in [6.45, 7) is 7.43. The molecule has 8 aromatic carbocycles. The van der Waals surface area contributed by atoms with Gasteiger partial charge in [-0.1, -0.05) is 76.2 Å². The Labute approximate surface area is 768 Å². The minimum Gasteiger partial charge on any atom is -0.507 e. The number of hydrogen-bond donors (Lipinski definition) is 8. The standard InChI is InChI=1S/C108H120O24/c1-97-33-61-37-101(117,45-97)53-105(41-61,49-97)129-57-125-93(113)69-17-9-65(10-18-69)89-73-25-78(86(122-6)29-81(73)109)91(67-13-21-71(22-14-67)95(115)127-59-131-107-43-63-35-99(3,51-107)47-103(119,39-63)55-107)75-27-80(88(124-8)31-83(75)111)92(68-15-23-72(24-16-68)96(116)128-60-132-108-44-64-36-100(4,52-108)48-104(120,40-64)56-108)76-28-79(87(123-7)32-84(76)112)90(74-26-77(89)85(121-5)30-82(74)110)66-11-19-70(20-12-66)94(114)126-58-130-106-42-62-34-98(2,50-106)46-102(118,38-62)54-106/h9-32,61-64,89-92,109-112,117-120H,33-60H2,1-8H3. The molecule has 8 N–H and O–H groups in total. The van der Waals surface area contributed by atoms with Crippen LogP contribution in [0.4, 0.5) is 0 Å². The Balaban J connectivity index is 0.700. The van der Waals surface area contributed by atoms with Crippen LogP contribution in [0.1, 0.15) is 314 Å². The molecule has 0 aromatic heterocycles. The molecule has 24 bridgehead atoms. The van der Waals surface area contributed by atoms with Crippen LogP contribution in [0, 0.1) is 45.3 Å². The second kappa shape index (κ2) is 31.7. The van der Waals surface area contributed by atoms with Gasteiger partial charge in [-0.25, -0.2) is 19.2 Å². The van der Waals surface area contributed by atoms with Crippen molar-refractivity contribution in [3.05, 3.63) is 235 Å². The molecule has 8 aromatic rings. The second-order valence-electron chi connectivity index (χ2n) is 44.5. The number of aromatic hydroxyl groups is 4. The Morgan fingerprint density at radius 3 is 0.636 bits per heavy atom. The average molecular weight is 1800 g/mol. The molecule has 132 heavy (non-hydrogen) atoms. The molecule has 16 saturated carbocycles. The SMILES string of the molecule is COc1cc(O)c2cc1C(c1ccc(C(=O)OCOC34CC5CC(C)(CC(O)(C5)C3)C4)cc1)c1cc(c(OC)cc1O)C(c1ccc(C(=O)OCOC34CC5CC(C)(CC(O)(C5)C3)C4)cc1)c1cc(c(OC)cc1O)C(c1ccc(C(=O)OCOC34CC5CC(C)(CC(O)(C5)C3)C4)cc1)c1cc(c(OC)cc1O)C2c1ccc(C(=O)OCOC23CC4CC(C)(CC(O)(C4)C2)C3)cc1. The maximum absolute atomic E-state index is 14.5. The number of ether oxygens (including phenoxy) is 12. The van der Waals surface area contributed by atoms with Crippen LogP contribution in [0.3, 0.4) is 0 Å². The molecule has 25 rings (SSSR count). The van der Waals surface area contributed by atoms with Crippen LogP contribution in [0.25, 0.3) is 0 Å². The number of fused-ring (bicyclic) bond motifs is 8. The van der Waals surface area contributed by atoms with E-state index in [1.54, 1.807) is 121 Å². The lowest BCUT2D eigenvalue weighted by Gasteiger charge is -2.63.